The minimum absolute atomic E-state index is 0.821. The molecule has 3 N–H and O–H groups in total. The first kappa shape index (κ1) is 14.9. The maximum absolute atomic E-state index is 4.90. The van der Waals surface area contributed by atoms with E-state index in [9.17, 15) is 0 Å². The summed E-state index contributed by atoms with van der Waals surface area (Å²) in [7, 11) is 1.89. The number of anilines is 2. The molecule has 1 aliphatic rings. The van der Waals surface area contributed by atoms with Gasteiger partial charge in [0.15, 0.2) is 11.6 Å². The van der Waals surface area contributed by atoms with Crippen LogP contribution in [0.25, 0.3) is 22.2 Å². The van der Waals surface area contributed by atoms with Crippen LogP contribution in [0.4, 0.5) is 11.6 Å². The van der Waals surface area contributed by atoms with Crippen molar-refractivity contribution in [2.45, 2.75) is 6.92 Å². The van der Waals surface area contributed by atoms with E-state index >= 15 is 0 Å². The van der Waals surface area contributed by atoms with E-state index in [0.717, 1.165) is 65.7 Å². The number of piperazine rings is 1. The van der Waals surface area contributed by atoms with Gasteiger partial charge in [0.25, 0.3) is 0 Å². The van der Waals surface area contributed by atoms with Gasteiger partial charge in [0, 0.05) is 49.9 Å². The first-order valence-electron chi connectivity index (χ1n) is 8.22. The van der Waals surface area contributed by atoms with E-state index in [0.29, 0.717) is 0 Å². The Morgan fingerprint density at radius 3 is 2.83 bits per heavy atom. The number of H-pyrrole nitrogens is 1. The van der Waals surface area contributed by atoms with Crippen LogP contribution in [0, 0.1) is 6.92 Å². The number of nitrogens with one attached hydrogen (secondary N) is 3. The van der Waals surface area contributed by atoms with Gasteiger partial charge in [-0.2, -0.15) is 5.10 Å². The number of fused-ring (bicyclic) bond motifs is 1. The summed E-state index contributed by atoms with van der Waals surface area (Å²) in [6.07, 6.45) is 1.83. The average molecular weight is 323 g/mol. The maximum atomic E-state index is 4.90. The van der Waals surface area contributed by atoms with Crippen molar-refractivity contribution in [1.82, 2.24) is 25.5 Å². The molecule has 7 heteroatoms. The van der Waals surface area contributed by atoms with Gasteiger partial charge in [-0.3, -0.25) is 5.10 Å². The van der Waals surface area contributed by atoms with E-state index in [4.69, 9.17) is 4.98 Å². The first-order chi connectivity index (χ1) is 11.8. The Morgan fingerprint density at radius 1 is 1.21 bits per heavy atom. The molecule has 3 aromatic rings. The Morgan fingerprint density at radius 2 is 2.04 bits per heavy atom. The molecule has 0 bridgehead atoms. The van der Waals surface area contributed by atoms with Crippen molar-refractivity contribution < 1.29 is 0 Å². The van der Waals surface area contributed by atoms with Crippen molar-refractivity contribution in [2.75, 3.05) is 43.4 Å². The Bertz CT molecular complexity index is 865. The van der Waals surface area contributed by atoms with Crippen LogP contribution in [0.1, 0.15) is 5.69 Å². The van der Waals surface area contributed by atoms with Crippen LogP contribution in [-0.2, 0) is 0 Å². The molecule has 1 aromatic carbocycles. The Kier molecular flexibility index (Phi) is 3.78. The summed E-state index contributed by atoms with van der Waals surface area (Å²) in [6, 6.07) is 6.19. The lowest BCUT2D eigenvalue weighted by Gasteiger charge is -2.29. The molecule has 0 unspecified atom stereocenters. The van der Waals surface area contributed by atoms with Gasteiger partial charge in [-0.25, -0.2) is 9.97 Å². The van der Waals surface area contributed by atoms with Gasteiger partial charge in [0.2, 0.25) is 0 Å². The highest BCUT2D eigenvalue weighted by molar-refractivity contribution is 5.86. The Balaban J connectivity index is 1.77. The molecule has 0 atom stereocenters. The molecule has 24 heavy (non-hydrogen) atoms. The van der Waals surface area contributed by atoms with Crippen LogP contribution in [0.15, 0.2) is 24.4 Å². The summed E-state index contributed by atoms with van der Waals surface area (Å²) < 4.78 is 0. The number of aromatic nitrogens is 4. The fraction of sp³-hybridized carbons (Fsp3) is 0.353. The fourth-order valence-corrected chi connectivity index (χ4v) is 3.09. The smallest absolute Gasteiger partial charge is 0.172 e. The molecule has 0 amide bonds. The summed E-state index contributed by atoms with van der Waals surface area (Å²) in [5.74, 6) is 1.74. The quantitative estimate of drug-likeness (QED) is 0.682. The third kappa shape index (κ3) is 2.56. The van der Waals surface area contributed by atoms with E-state index in [1.54, 1.807) is 0 Å². The Labute approximate surface area is 140 Å². The lowest BCUT2D eigenvalue weighted by Crippen LogP contribution is -2.44. The SMILES string of the molecule is CNc1ncc(-c2ccc3n[nH]c(C)c3c2)nc1N1CCNCC1. The van der Waals surface area contributed by atoms with Crippen molar-refractivity contribution in [3.8, 4) is 11.3 Å². The van der Waals surface area contributed by atoms with E-state index in [1.165, 1.54) is 0 Å². The number of benzene rings is 1. The average Bonchev–Trinajstić information content (AvgIpc) is 3.02. The van der Waals surface area contributed by atoms with Gasteiger partial charge in [-0.1, -0.05) is 6.07 Å². The third-order valence-corrected chi connectivity index (χ3v) is 4.45. The van der Waals surface area contributed by atoms with Crippen LogP contribution in [-0.4, -0.2) is 53.4 Å². The molecule has 124 valence electrons. The lowest BCUT2D eigenvalue weighted by atomic mass is 10.1. The lowest BCUT2D eigenvalue weighted by molar-refractivity contribution is 0.585. The van der Waals surface area contributed by atoms with Gasteiger partial charge < -0.3 is 15.5 Å². The monoisotopic (exact) mass is 323 g/mol. The summed E-state index contributed by atoms with van der Waals surface area (Å²) in [4.78, 5) is 11.8. The molecule has 3 heterocycles. The molecule has 7 nitrogen and oxygen atoms in total. The van der Waals surface area contributed by atoms with E-state index in [1.807, 2.05) is 32.3 Å². The number of hydrogen-bond acceptors (Lipinski definition) is 6. The van der Waals surface area contributed by atoms with Crippen LogP contribution < -0.4 is 15.5 Å². The van der Waals surface area contributed by atoms with Crippen LogP contribution in [0.5, 0.6) is 0 Å². The summed E-state index contributed by atoms with van der Waals surface area (Å²) in [5.41, 5.74) is 3.97. The zero-order valence-corrected chi connectivity index (χ0v) is 13.9. The van der Waals surface area contributed by atoms with Crippen molar-refractivity contribution >= 4 is 22.5 Å². The van der Waals surface area contributed by atoms with Crippen molar-refractivity contribution in [3.05, 3.63) is 30.1 Å². The van der Waals surface area contributed by atoms with Crippen molar-refractivity contribution in [2.24, 2.45) is 0 Å². The Hall–Kier alpha value is -2.67. The predicted octanol–water partition coefficient (Wildman–Crippen LogP) is 1.78. The zero-order valence-electron chi connectivity index (χ0n) is 13.9. The highest BCUT2D eigenvalue weighted by atomic mass is 15.3. The fourth-order valence-electron chi connectivity index (χ4n) is 3.09. The molecule has 0 radical (unpaired) electrons. The number of rotatable bonds is 3. The molecule has 0 saturated carbocycles. The second-order valence-electron chi connectivity index (χ2n) is 6.00. The molecular formula is C17H21N7. The number of nitrogens with zero attached hydrogens (tertiary/aromatic N) is 4. The second kappa shape index (κ2) is 6.09. The number of aromatic amines is 1. The molecule has 2 aromatic heterocycles. The van der Waals surface area contributed by atoms with Crippen LogP contribution >= 0.6 is 0 Å². The number of aryl methyl sites for hydroxylation is 1. The van der Waals surface area contributed by atoms with Crippen LogP contribution in [0.2, 0.25) is 0 Å². The van der Waals surface area contributed by atoms with Gasteiger partial charge in [0.05, 0.1) is 17.4 Å². The van der Waals surface area contributed by atoms with Crippen molar-refractivity contribution in [1.29, 1.82) is 0 Å². The van der Waals surface area contributed by atoms with Crippen LogP contribution in [0.3, 0.4) is 0 Å². The molecule has 0 aliphatic carbocycles. The minimum Gasteiger partial charge on any atom is -0.370 e. The van der Waals surface area contributed by atoms with E-state index < -0.39 is 0 Å². The van der Waals surface area contributed by atoms with Gasteiger partial charge in [-0.15, -0.1) is 0 Å². The second-order valence-corrected chi connectivity index (χ2v) is 6.00. The zero-order chi connectivity index (χ0) is 16.5. The third-order valence-electron chi connectivity index (χ3n) is 4.45. The van der Waals surface area contributed by atoms with E-state index in [2.05, 4.69) is 36.8 Å². The van der Waals surface area contributed by atoms with Crippen molar-refractivity contribution in [3.63, 3.8) is 0 Å². The van der Waals surface area contributed by atoms with Gasteiger partial charge in [-0.05, 0) is 19.1 Å². The summed E-state index contributed by atoms with van der Waals surface area (Å²) in [5, 5.41) is 15.0. The summed E-state index contributed by atoms with van der Waals surface area (Å²) >= 11 is 0. The molecule has 1 saturated heterocycles. The largest absolute Gasteiger partial charge is 0.370 e. The summed E-state index contributed by atoms with van der Waals surface area (Å²) in [6.45, 7) is 5.84. The first-order valence-corrected chi connectivity index (χ1v) is 8.22. The number of hydrogen-bond donors (Lipinski definition) is 3. The normalized spacial score (nSPS) is 15.0. The molecule has 1 fully saturated rings. The molecular weight excluding hydrogens is 302 g/mol. The highest BCUT2D eigenvalue weighted by Gasteiger charge is 2.17. The molecule has 1 aliphatic heterocycles. The standard InChI is InChI=1S/C17H21N7/c1-11-13-9-12(3-4-14(13)23-22-11)15-10-20-16(18-2)17(21-15)24-7-5-19-6-8-24/h3-4,9-10,19H,5-8H2,1-2H3,(H,18,20)(H,22,23). The molecule has 4 rings (SSSR count). The van der Waals surface area contributed by atoms with Gasteiger partial charge >= 0.3 is 0 Å². The van der Waals surface area contributed by atoms with E-state index in [-0.39, 0.29) is 0 Å². The highest BCUT2D eigenvalue weighted by Crippen LogP contribution is 2.28. The minimum atomic E-state index is 0.821. The molecule has 0 spiro atoms. The van der Waals surface area contributed by atoms with Gasteiger partial charge in [0.1, 0.15) is 0 Å². The topological polar surface area (TPSA) is 81.8 Å². The predicted molar refractivity (Wildman–Crippen MR) is 96.5 cm³/mol. The maximum Gasteiger partial charge on any atom is 0.172 e.